The Labute approximate surface area is 147 Å². The number of aromatic hydroxyl groups is 1. The van der Waals surface area contributed by atoms with Crippen LogP contribution in [0.25, 0.3) is 0 Å². The number of hydrogen-bond donors (Lipinski definition) is 1. The first-order chi connectivity index (χ1) is 12.1. The van der Waals surface area contributed by atoms with Gasteiger partial charge in [0.15, 0.2) is 0 Å². The van der Waals surface area contributed by atoms with E-state index in [2.05, 4.69) is 32.1 Å². The van der Waals surface area contributed by atoms with Crippen molar-refractivity contribution in [3.8, 4) is 23.0 Å². The highest BCUT2D eigenvalue weighted by molar-refractivity contribution is 5.56. The minimum absolute atomic E-state index is 0.112. The van der Waals surface area contributed by atoms with Gasteiger partial charge >= 0.3 is 0 Å². The third-order valence-corrected chi connectivity index (χ3v) is 4.85. The topological polar surface area (TPSA) is 47.9 Å². The van der Waals surface area contributed by atoms with E-state index in [-0.39, 0.29) is 17.8 Å². The van der Waals surface area contributed by atoms with Gasteiger partial charge in [-0.1, -0.05) is 17.7 Å². The molecule has 4 heteroatoms. The van der Waals surface area contributed by atoms with Gasteiger partial charge in [-0.05, 0) is 44.0 Å². The van der Waals surface area contributed by atoms with E-state index >= 15 is 0 Å². The quantitative estimate of drug-likeness (QED) is 0.836. The molecule has 0 aliphatic carbocycles. The van der Waals surface area contributed by atoms with Crippen molar-refractivity contribution in [2.45, 2.75) is 32.3 Å². The first-order valence-corrected chi connectivity index (χ1v) is 8.53. The molecule has 4 nitrogen and oxygen atoms in total. The summed E-state index contributed by atoms with van der Waals surface area (Å²) in [6.45, 7) is 4.75. The van der Waals surface area contributed by atoms with Crippen LogP contribution in [-0.2, 0) is 6.42 Å². The van der Waals surface area contributed by atoms with Crippen LogP contribution in [0.15, 0.2) is 42.0 Å². The fourth-order valence-corrected chi connectivity index (χ4v) is 3.59. The van der Waals surface area contributed by atoms with Gasteiger partial charge in [-0.3, -0.25) is 0 Å². The summed E-state index contributed by atoms with van der Waals surface area (Å²) in [5.74, 6) is 2.67. The molecular weight excluding hydrogens is 316 g/mol. The minimum Gasteiger partial charge on any atom is -0.508 e. The Morgan fingerprint density at radius 1 is 1.24 bits per heavy atom. The van der Waals surface area contributed by atoms with Gasteiger partial charge in [-0.2, -0.15) is 0 Å². The summed E-state index contributed by atoms with van der Waals surface area (Å²) in [6.07, 6.45) is 2.89. The first kappa shape index (κ1) is 15.9. The van der Waals surface area contributed by atoms with Gasteiger partial charge in [0.25, 0.3) is 0 Å². The van der Waals surface area contributed by atoms with Crippen LogP contribution < -0.4 is 14.2 Å². The summed E-state index contributed by atoms with van der Waals surface area (Å²) in [4.78, 5) is 0. The van der Waals surface area contributed by atoms with E-state index < -0.39 is 0 Å². The number of phenols is 1. The molecule has 0 radical (unpaired) electrons. The molecule has 0 unspecified atom stereocenters. The second kappa shape index (κ2) is 6.03. The van der Waals surface area contributed by atoms with Crippen LogP contribution in [0.2, 0.25) is 0 Å². The molecule has 0 saturated heterocycles. The summed E-state index contributed by atoms with van der Waals surface area (Å²) in [5, 5.41) is 9.72. The lowest BCUT2D eigenvalue weighted by molar-refractivity contribution is 0.135. The van der Waals surface area contributed by atoms with Crippen LogP contribution in [-0.4, -0.2) is 18.8 Å². The van der Waals surface area contributed by atoms with Crippen molar-refractivity contribution >= 4 is 0 Å². The average molecular weight is 338 g/mol. The van der Waals surface area contributed by atoms with E-state index in [9.17, 15) is 5.11 Å². The van der Waals surface area contributed by atoms with E-state index in [4.69, 9.17) is 14.2 Å². The highest BCUT2D eigenvalue weighted by Gasteiger charge is 2.42. The lowest BCUT2D eigenvalue weighted by atomic mass is 9.88. The van der Waals surface area contributed by atoms with Gasteiger partial charge in [0.05, 0.1) is 25.2 Å². The molecule has 0 spiro atoms. The molecule has 1 N–H and O–H groups in total. The van der Waals surface area contributed by atoms with E-state index in [1.807, 2.05) is 6.07 Å². The third-order valence-electron chi connectivity index (χ3n) is 4.85. The number of allylic oxidation sites excluding steroid dienone is 2. The molecule has 0 aromatic heterocycles. The molecule has 2 atom stereocenters. The number of rotatable bonds is 3. The number of hydrogen-bond acceptors (Lipinski definition) is 4. The number of phenolic OH excluding ortho intramolecular Hbond substituents is 1. The highest BCUT2D eigenvalue weighted by Crippen LogP contribution is 2.54. The zero-order valence-electron chi connectivity index (χ0n) is 14.7. The maximum absolute atomic E-state index is 9.72. The zero-order valence-corrected chi connectivity index (χ0v) is 14.7. The molecular formula is C21H22O4. The Bertz CT molecular complexity index is 832. The smallest absolute Gasteiger partial charge is 0.141 e. The van der Waals surface area contributed by atoms with Crippen molar-refractivity contribution in [1.82, 2.24) is 0 Å². The molecule has 25 heavy (non-hydrogen) atoms. The Morgan fingerprint density at radius 2 is 2.08 bits per heavy atom. The maximum Gasteiger partial charge on any atom is 0.141 e. The third kappa shape index (κ3) is 2.72. The standard InChI is InChI=1S/C21H22O4/c1-12(2)4-5-13-8-18(23-3)20-19(9-13)24-11-16-15-7-6-14(22)10-17(15)25-21(16)20/h4,6-10,16,21-22H,5,11H2,1-3H3/t16-,21+/m0/s1. The van der Waals surface area contributed by atoms with Gasteiger partial charge in [-0.15, -0.1) is 0 Å². The van der Waals surface area contributed by atoms with Crippen molar-refractivity contribution in [1.29, 1.82) is 0 Å². The minimum atomic E-state index is -0.145. The fraction of sp³-hybridized carbons (Fsp3) is 0.333. The molecule has 2 aliphatic heterocycles. The van der Waals surface area contributed by atoms with Gasteiger partial charge < -0.3 is 19.3 Å². The van der Waals surface area contributed by atoms with Crippen molar-refractivity contribution in [3.05, 3.63) is 58.7 Å². The molecule has 4 rings (SSSR count). The molecule has 0 amide bonds. The lowest BCUT2D eigenvalue weighted by Crippen LogP contribution is -2.24. The second-order valence-electron chi connectivity index (χ2n) is 6.87. The lowest BCUT2D eigenvalue weighted by Gasteiger charge is -2.29. The van der Waals surface area contributed by atoms with Gasteiger partial charge in [0.2, 0.25) is 0 Å². The molecule has 2 aromatic rings. The molecule has 0 fully saturated rings. The predicted molar refractivity (Wildman–Crippen MR) is 95.8 cm³/mol. The number of methoxy groups -OCH3 is 1. The van der Waals surface area contributed by atoms with Gasteiger partial charge in [-0.25, -0.2) is 0 Å². The van der Waals surface area contributed by atoms with Gasteiger partial charge in [0.1, 0.15) is 29.1 Å². The summed E-state index contributed by atoms with van der Waals surface area (Å²) in [7, 11) is 1.68. The normalized spacial score (nSPS) is 19.8. The molecule has 0 bridgehead atoms. The Balaban J connectivity index is 1.75. The monoisotopic (exact) mass is 338 g/mol. The van der Waals surface area contributed by atoms with E-state index in [1.165, 1.54) is 5.57 Å². The van der Waals surface area contributed by atoms with Crippen LogP contribution in [0.1, 0.15) is 42.6 Å². The van der Waals surface area contributed by atoms with E-state index in [0.29, 0.717) is 6.61 Å². The van der Waals surface area contributed by atoms with Crippen LogP contribution in [0.3, 0.4) is 0 Å². The van der Waals surface area contributed by atoms with Gasteiger partial charge in [0, 0.05) is 11.6 Å². The molecule has 2 heterocycles. The van der Waals surface area contributed by atoms with Crippen molar-refractivity contribution in [3.63, 3.8) is 0 Å². The molecule has 0 saturated carbocycles. The van der Waals surface area contributed by atoms with Crippen LogP contribution in [0.5, 0.6) is 23.0 Å². The summed E-state index contributed by atoms with van der Waals surface area (Å²) >= 11 is 0. The number of ether oxygens (including phenoxy) is 3. The predicted octanol–water partition coefficient (Wildman–Crippen LogP) is 4.52. The summed E-state index contributed by atoms with van der Waals surface area (Å²) < 4.78 is 17.9. The molecule has 130 valence electrons. The number of benzene rings is 2. The van der Waals surface area contributed by atoms with Crippen LogP contribution in [0, 0.1) is 0 Å². The number of fused-ring (bicyclic) bond motifs is 5. The SMILES string of the molecule is COc1cc(CC=C(C)C)cc2c1[C@@H]1Oc3cc(O)ccc3[C@@H]1CO2. The second-order valence-corrected chi connectivity index (χ2v) is 6.87. The highest BCUT2D eigenvalue weighted by atomic mass is 16.5. The van der Waals surface area contributed by atoms with E-state index in [0.717, 1.165) is 40.4 Å². The van der Waals surface area contributed by atoms with E-state index in [1.54, 1.807) is 19.2 Å². The zero-order chi connectivity index (χ0) is 17.6. The Hall–Kier alpha value is -2.62. The Kier molecular flexibility index (Phi) is 3.83. The summed E-state index contributed by atoms with van der Waals surface area (Å²) in [6, 6.07) is 9.42. The first-order valence-electron chi connectivity index (χ1n) is 8.53. The largest absolute Gasteiger partial charge is 0.508 e. The van der Waals surface area contributed by atoms with Crippen molar-refractivity contribution < 1.29 is 19.3 Å². The van der Waals surface area contributed by atoms with Crippen molar-refractivity contribution in [2.24, 2.45) is 0 Å². The average Bonchev–Trinajstić information content (AvgIpc) is 2.96. The maximum atomic E-state index is 9.72. The van der Waals surface area contributed by atoms with Crippen LogP contribution in [0.4, 0.5) is 0 Å². The molecule has 2 aliphatic rings. The fourth-order valence-electron chi connectivity index (χ4n) is 3.59. The summed E-state index contributed by atoms with van der Waals surface area (Å²) in [5.41, 5.74) is 4.47. The Morgan fingerprint density at radius 3 is 2.84 bits per heavy atom. The van der Waals surface area contributed by atoms with Crippen LogP contribution >= 0.6 is 0 Å². The van der Waals surface area contributed by atoms with Crippen molar-refractivity contribution in [2.75, 3.05) is 13.7 Å². The molecule has 2 aromatic carbocycles.